The van der Waals surface area contributed by atoms with Crippen LogP contribution in [-0.4, -0.2) is 76.8 Å². The molecule has 32 heavy (non-hydrogen) atoms. The summed E-state index contributed by atoms with van der Waals surface area (Å²) in [4.78, 5) is 58.4. The Morgan fingerprint density at radius 3 is 2.69 bits per heavy atom. The van der Waals surface area contributed by atoms with Crippen LogP contribution in [0, 0.1) is 0 Å². The number of carbonyl (C=O) groups is 4. The molecule has 5 N–H and O–H groups in total. The number of amides is 2. The largest absolute Gasteiger partial charge is 0.478 e. The number of hydrogen-bond donors (Lipinski definition) is 4. The highest BCUT2D eigenvalue weighted by Gasteiger charge is 2.54. The zero-order chi connectivity index (χ0) is 23.8. The van der Waals surface area contributed by atoms with Gasteiger partial charge < -0.3 is 30.5 Å². The van der Waals surface area contributed by atoms with Gasteiger partial charge in [0.15, 0.2) is 5.71 Å². The zero-order valence-corrected chi connectivity index (χ0v) is 19.7. The average Bonchev–Trinajstić information content (AvgIpc) is 3.16. The second-order valence-corrected chi connectivity index (χ2v) is 9.04. The molecule has 15 heteroatoms. The van der Waals surface area contributed by atoms with Crippen molar-refractivity contribution in [2.24, 2.45) is 5.16 Å². The Kier molecular flexibility index (Phi) is 6.68. The van der Waals surface area contributed by atoms with Gasteiger partial charge in [-0.3, -0.25) is 14.5 Å². The van der Waals surface area contributed by atoms with E-state index < -0.39 is 46.5 Å². The van der Waals surface area contributed by atoms with Gasteiger partial charge in [0, 0.05) is 10.2 Å². The number of nitrogen functional groups attached to an aromatic ring is 1. The van der Waals surface area contributed by atoms with Gasteiger partial charge in [0.05, 0.1) is 0 Å². The van der Waals surface area contributed by atoms with Gasteiger partial charge in [-0.05, 0) is 19.4 Å². The van der Waals surface area contributed by atoms with Crippen LogP contribution in [-0.2, 0) is 24.0 Å². The first-order valence-electron chi connectivity index (χ1n) is 8.95. The van der Waals surface area contributed by atoms with Gasteiger partial charge in [0.1, 0.15) is 29.1 Å². The Hall–Kier alpha value is -2.82. The van der Waals surface area contributed by atoms with E-state index in [1.54, 1.807) is 0 Å². The van der Waals surface area contributed by atoms with Crippen molar-refractivity contribution in [1.29, 1.82) is 0 Å². The highest BCUT2D eigenvalue weighted by atomic mass is 127. The van der Waals surface area contributed by atoms with Crippen molar-refractivity contribution in [2.75, 3.05) is 15.9 Å². The number of aromatic nitrogens is 1. The zero-order valence-electron chi connectivity index (χ0n) is 16.7. The van der Waals surface area contributed by atoms with E-state index >= 15 is 0 Å². The number of carboxylic acid groups (broad SMARTS) is 2. The monoisotopic (exact) mass is 579 g/mol. The van der Waals surface area contributed by atoms with E-state index in [1.807, 2.05) is 22.6 Å². The summed E-state index contributed by atoms with van der Waals surface area (Å²) in [6.45, 7) is 2.45. The van der Waals surface area contributed by atoms with Crippen LogP contribution in [0.2, 0.25) is 0 Å². The summed E-state index contributed by atoms with van der Waals surface area (Å²) in [5.41, 5.74) is 3.61. The maximum absolute atomic E-state index is 12.9. The number of alkyl halides is 1. The minimum absolute atomic E-state index is 0.0802. The van der Waals surface area contributed by atoms with Crippen LogP contribution >= 0.6 is 34.4 Å². The second kappa shape index (κ2) is 8.97. The molecule has 1 unspecified atom stereocenters. The number of nitrogens with two attached hydrogens (primary N) is 1. The summed E-state index contributed by atoms with van der Waals surface area (Å²) >= 11 is 3.34. The van der Waals surface area contributed by atoms with Gasteiger partial charge in [0.2, 0.25) is 5.60 Å². The van der Waals surface area contributed by atoms with Crippen molar-refractivity contribution >= 4 is 69.8 Å². The first-order valence-corrected chi connectivity index (χ1v) is 11.5. The molecular weight excluding hydrogens is 561 g/mol. The number of nitrogens with one attached hydrogen (secondary N) is 1. The number of halogens is 1. The van der Waals surface area contributed by atoms with Crippen molar-refractivity contribution in [3.05, 3.63) is 23.2 Å². The first kappa shape index (κ1) is 23.8. The number of oxime groups is 1. The molecular formula is C17H18IN5O8S. The minimum Gasteiger partial charge on any atom is -0.478 e. The van der Waals surface area contributed by atoms with Crippen molar-refractivity contribution in [1.82, 2.24) is 15.2 Å². The van der Waals surface area contributed by atoms with Crippen LogP contribution in [0.5, 0.6) is 0 Å². The standard InChI is InChI=1S/C17H18IN5O8S/c1-17(2,15(28)29)31-22-8(7-4-30-16(19)20-7)11(24)21-9-12(25)23-10(14(26)27)6(3-18)5-32-13(9)23/h4,9,13H,3,5H2,1-2H3,(H2,19,20)(H,21,24)(H,26,27)(H,28,29)/t9?,13-/m0/s1. The molecule has 0 radical (unpaired) electrons. The number of anilines is 1. The quantitative estimate of drug-likeness (QED) is 0.106. The van der Waals surface area contributed by atoms with Gasteiger partial charge in [-0.15, -0.1) is 11.8 Å². The van der Waals surface area contributed by atoms with E-state index in [1.165, 1.54) is 25.6 Å². The SMILES string of the molecule is CC(C)(ON=C(C(=O)NC1C(=O)N2C(C(=O)O)=C(CI)CS[C@@H]12)c1coc(N)n1)C(=O)O. The number of fused-ring (bicyclic) bond motifs is 1. The predicted octanol–water partition coefficient (Wildman–Crippen LogP) is 0.0143. The Bertz CT molecular complexity index is 1050. The van der Waals surface area contributed by atoms with Gasteiger partial charge >= 0.3 is 11.9 Å². The van der Waals surface area contributed by atoms with Crippen LogP contribution in [0.25, 0.3) is 0 Å². The van der Waals surface area contributed by atoms with Gasteiger partial charge in [-0.2, -0.15) is 4.98 Å². The number of hydrogen-bond acceptors (Lipinski definition) is 10. The van der Waals surface area contributed by atoms with Crippen LogP contribution in [0.15, 0.2) is 27.1 Å². The molecule has 2 amide bonds. The number of oxazole rings is 1. The van der Waals surface area contributed by atoms with E-state index in [2.05, 4.69) is 15.5 Å². The smallest absolute Gasteiger partial charge is 0.352 e. The molecule has 2 aliphatic rings. The lowest BCUT2D eigenvalue weighted by Crippen LogP contribution is -2.71. The summed E-state index contributed by atoms with van der Waals surface area (Å²) in [6, 6.07) is -1.30. The Morgan fingerprint density at radius 2 is 2.16 bits per heavy atom. The van der Waals surface area contributed by atoms with Gasteiger partial charge in [-0.25, -0.2) is 9.59 Å². The van der Waals surface area contributed by atoms with Crippen molar-refractivity contribution < 1.29 is 38.6 Å². The van der Waals surface area contributed by atoms with Gasteiger partial charge in [-0.1, -0.05) is 27.7 Å². The third kappa shape index (κ3) is 4.38. The Labute approximate surface area is 198 Å². The molecule has 0 bridgehead atoms. The molecule has 3 heterocycles. The number of thioether (sulfide) groups is 1. The molecule has 2 aliphatic heterocycles. The molecule has 13 nitrogen and oxygen atoms in total. The molecule has 0 aliphatic carbocycles. The third-order valence-corrected chi connectivity index (χ3v) is 6.82. The van der Waals surface area contributed by atoms with Crippen molar-refractivity contribution in [2.45, 2.75) is 30.9 Å². The van der Waals surface area contributed by atoms with Crippen LogP contribution in [0.1, 0.15) is 19.5 Å². The highest BCUT2D eigenvalue weighted by Crippen LogP contribution is 2.40. The maximum Gasteiger partial charge on any atom is 0.352 e. The molecule has 1 aromatic heterocycles. The van der Waals surface area contributed by atoms with E-state index in [0.717, 1.165) is 11.2 Å². The molecule has 1 fully saturated rings. The van der Waals surface area contributed by atoms with Crippen molar-refractivity contribution in [3.8, 4) is 0 Å². The number of carboxylic acids is 2. The topological polar surface area (TPSA) is 198 Å². The van der Waals surface area contributed by atoms with Crippen LogP contribution in [0.3, 0.4) is 0 Å². The van der Waals surface area contributed by atoms with Crippen LogP contribution in [0.4, 0.5) is 6.01 Å². The summed E-state index contributed by atoms with van der Waals surface area (Å²) in [7, 11) is 0. The number of nitrogens with zero attached hydrogens (tertiary/aromatic N) is 3. The fraction of sp³-hybridized carbons (Fsp3) is 0.412. The molecule has 3 rings (SSSR count). The van der Waals surface area contributed by atoms with E-state index in [-0.39, 0.29) is 17.4 Å². The maximum atomic E-state index is 12.9. The summed E-state index contributed by atoms with van der Waals surface area (Å²) < 4.78 is 5.32. The number of carbonyl (C=O) groups excluding carboxylic acids is 2. The van der Waals surface area contributed by atoms with Crippen molar-refractivity contribution in [3.63, 3.8) is 0 Å². The Balaban J connectivity index is 1.83. The lowest BCUT2D eigenvalue weighted by atomic mass is 10.0. The fourth-order valence-corrected chi connectivity index (χ4v) is 5.14. The fourth-order valence-electron chi connectivity index (χ4n) is 2.80. The van der Waals surface area contributed by atoms with E-state index in [9.17, 15) is 29.4 Å². The van der Waals surface area contributed by atoms with Gasteiger partial charge in [0.25, 0.3) is 17.8 Å². The number of aliphatic carboxylic acids is 2. The van der Waals surface area contributed by atoms with Crippen LogP contribution < -0.4 is 11.1 Å². The first-order chi connectivity index (χ1) is 15.0. The summed E-state index contributed by atoms with van der Waals surface area (Å²) in [6.07, 6.45) is 1.02. The average molecular weight is 579 g/mol. The number of rotatable bonds is 8. The molecule has 2 atom stereocenters. The van der Waals surface area contributed by atoms with E-state index in [4.69, 9.17) is 15.0 Å². The predicted molar refractivity (Wildman–Crippen MR) is 119 cm³/mol. The Morgan fingerprint density at radius 1 is 1.47 bits per heavy atom. The normalized spacial score (nSPS) is 21.0. The highest BCUT2D eigenvalue weighted by molar-refractivity contribution is 14.1. The van der Waals surface area contributed by atoms with E-state index in [0.29, 0.717) is 15.8 Å². The molecule has 172 valence electrons. The molecule has 0 aromatic carbocycles. The molecule has 0 saturated carbocycles. The molecule has 0 spiro atoms. The molecule has 1 aromatic rings. The lowest BCUT2D eigenvalue weighted by molar-refractivity contribution is -0.161. The molecule has 1 saturated heterocycles. The minimum atomic E-state index is -1.76. The second-order valence-electron chi connectivity index (χ2n) is 7.17. The summed E-state index contributed by atoms with van der Waals surface area (Å²) in [5.74, 6) is -3.66. The number of β-lactam (4-membered cyclic amide) rings is 1. The lowest BCUT2D eigenvalue weighted by Gasteiger charge is -2.49. The summed E-state index contributed by atoms with van der Waals surface area (Å²) in [5, 5.41) is 24.2. The third-order valence-electron chi connectivity index (χ3n) is 4.56.